The summed E-state index contributed by atoms with van der Waals surface area (Å²) in [7, 11) is 3.68. The third-order valence-electron chi connectivity index (χ3n) is 3.16. The summed E-state index contributed by atoms with van der Waals surface area (Å²) in [5.41, 5.74) is 5.56. The Bertz CT molecular complexity index is 710. The van der Waals surface area contributed by atoms with Crippen molar-refractivity contribution in [3.63, 3.8) is 0 Å². The molecule has 0 saturated heterocycles. The van der Waals surface area contributed by atoms with Gasteiger partial charge in [-0.2, -0.15) is 15.0 Å². The Morgan fingerprint density at radius 1 is 1.35 bits per heavy atom. The van der Waals surface area contributed by atoms with Crippen LogP contribution in [0.5, 0.6) is 0 Å². The SMILES string of the molecule is CCCCn1c(S[C@H](C)c2nc(N)nc(N(C)C)n2)n[nH]c1=O. The molecular formula is C13H22N8OS. The molecule has 0 aromatic carbocycles. The number of nitrogens with zero attached hydrogens (tertiary/aromatic N) is 6. The van der Waals surface area contributed by atoms with Crippen LogP contribution in [0, 0.1) is 0 Å². The van der Waals surface area contributed by atoms with Gasteiger partial charge in [0.05, 0.1) is 5.25 Å². The second-order valence-electron chi connectivity index (χ2n) is 5.32. The van der Waals surface area contributed by atoms with Crippen LogP contribution < -0.4 is 16.3 Å². The number of nitrogens with two attached hydrogens (primary N) is 1. The first-order valence-corrected chi connectivity index (χ1v) is 8.31. The Balaban J connectivity index is 2.22. The molecule has 2 aromatic heterocycles. The van der Waals surface area contributed by atoms with E-state index in [0.29, 0.717) is 23.5 Å². The summed E-state index contributed by atoms with van der Waals surface area (Å²) in [5.74, 6) is 1.24. The van der Waals surface area contributed by atoms with Crippen LogP contribution in [0.25, 0.3) is 0 Å². The highest BCUT2D eigenvalue weighted by atomic mass is 32.2. The first-order chi connectivity index (χ1) is 10.9. The first kappa shape index (κ1) is 17.3. The highest BCUT2D eigenvalue weighted by molar-refractivity contribution is 7.99. The Kier molecular flexibility index (Phi) is 5.59. The molecule has 0 spiro atoms. The van der Waals surface area contributed by atoms with Crippen molar-refractivity contribution in [1.82, 2.24) is 29.7 Å². The lowest BCUT2D eigenvalue weighted by atomic mass is 10.3. The number of aromatic amines is 1. The molecule has 0 aliphatic rings. The maximum absolute atomic E-state index is 11.8. The van der Waals surface area contributed by atoms with Gasteiger partial charge in [0, 0.05) is 20.6 Å². The van der Waals surface area contributed by atoms with Crippen LogP contribution in [0.1, 0.15) is 37.8 Å². The van der Waals surface area contributed by atoms with Crippen molar-refractivity contribution in [1.29, 1.82) is 0 Å². The second-order valence-corrected chi connectivity index (χ2v) is 6.63. The zero-order valence-corrected chi connectivity index (χ0v) is 14.6. The van der Waals surface area contributed by atoms with E-state index in [1.807, 2.05) is 21.0 Å². The highest BCUT2D eigenvalue weighted by Crippen LogP contribution is 2.31. The fourth-order valence-electron chi connectivity index (χ4n) is 1.90. The molecule has 9 nitrogen and oxygen atoms in total. The minimum atomic E-state index is -0.197. The number of hydrogen-bond donors (Lipinski definition) is 2. The van der Waals surface area contributed by atoms with Crippen LogP contribution in [0.3, 0.4) is 0 Å². The summed E-state index contributed by atoms with van der Waals surface area (Å²) < 4.78 is 1.64. The molecule has 2 rings (SSSR count). The van der Waals surface area contributed by atoms with Gasteiger partial charge in [-0.05, 0) is 13.3 Å². The van der Waals surface area contributed by atoms with E-state index in [0.717, 1.165) is 12.8 Å². The maximum atomic E-state index is 11.8. The summed E-state index contributed by atoms with van der Waals surface area (Å²) in [4.78, 5) is 26.3. The van der Waals surface area contributed by atoms with Gasteiger partial charge in [-0.1, -0.05) is 25.1 Å². The molecule has 126 valence electrons. The summed E-state index contributed by atoms with van der Waals surface area (Å²) >= 11 is 1.42. The molecule has 1 atom stereocenters. The fraction of sp³-hybridized carbons (Fsp3) is 0.615. The van der Waals surface area contributed by atoms with Crippen LogP contribution in [0.15, 0.2) is 9.95 Å². The zero-order chi connectivity index (χ0) is 17.0. The van der Waals surface area contributed by atoms with Crippen molar-refractivity contribution in [3.8, 4) is 0 Å². The third kappa shape index (κ3) is 4.21. The van der Waals surface area contributed by atoms with E-state index in [1.165, 1.54) is 11.8 Å². The van der Waals surface area contributed by atoms with Gasteiger partial charge >= 0.3 is 5.69 Å². The van der Waals surface area contributed by atoms with Crippen molar-refractivity contribution in [2.45, 2.75) is 43.6 Å². The molecule has 2 heterocycles. The normalized spacial score (nSPS) is 12.3. The van der Waals surface area contributed by atoms with E-state index in [2.05, 4.69) is 32.1 Å². The fourth-order valence-corrected chi connectivity index (χ4v) is 2.82. The number of nitrogens with one attached hydrogen (secondary N) is 1. The predicted octanol–water partition coefficient (Wildman–Crippen LogP) is 1.06. The van der Waals surface area contributed by atoms with Crippen LogP contribution in [-0.4, -0.2) is 43.8 Å². The Labute approximate surface area is 138 Å². The van der Waals surface area contributed by atoms with E-state index >= 15 is 0 Å². The quantitative estimate of drug-likeness (QED) is 0.719. The lowest BCUT2D eigenvalue weighted by molar-refractivity contribution is 0.572. The number of aromatic nitrogens is 6. The van der Waals surface area contributed by atoms with E-state index in [1.54, 1.807) is 9.47 Å². The number of rotatable bonds is 7. The molecule has 0 aliphatic carbocycles. The molecule has 0 aliphatic heterocycles. The van der Waals surface area contributed by atoms with E-state index in [9.17, 15) is 4.79 Å². The molecule has 0 amide bonds. The molecule has 0 unspecified atom stereocenters. The second kappa shape index (κ2) is 7.44. The number of anilines is 2. The average molecular weight is 338 g/mol. The molecule has 23 heavy (non-hydrogen) atoms. The van der Waals surface area contributed by atoms with Crippen molar-refractivity contribution < 1.29 is 0 Å². The van der Waals surface area contributed by atoms with Gasteiger partial charge in [0.15, 0.2) is 5.16 Å². The molecule has 0 fully saturated rings. The molecule has 3 N–H and O–H groups in total. The molecular weight excluding hydrogens is 316 g/mol. The number of hydrogen-bond acceptors (Lipinski definition) is 8. The molecule has 0 saturated carbocycles. The Morgan fingerprint density at radius 2 is 2.09 bits per heavy atom. The number of thioether (sulfide) groups is 1. The largest absolute Gasteiger partial charge is 0.368 e. The van der Waals surface area contributed by atoms with Crippen molar-refractivity contribution in [3.05, 3.63) is 16.3 Å². The topological polar surface area (TPSA) is 119 Å². The van der Waals surface area contributed by atoms with Gasteiger partial charge < -0.3 is 10.6 Å². The monoisotopic (exact) mass is 338 g/mol. The van der Waals surface area contributed by atoms with Crippen LogP contribution in [0.2, 0.25) is 0 Å². The molecule has 0 radical (unpaired) electrons. The first-order valence-electron chi connectivity index (χ1n) is 7.43. The van der Waals surface area contributed by atoms with Crippen LogP contribution in [0.4, 0.5) is 11.9 Å². The lowest BCUT2D eigenvalue weighted by Crippen LogP contribution is -2.18. The number of nitrogen functional groups attached to an aromatic ring is 1. The average Bonchev–Trinajstić information content (AvgIpc) is 2.84. The van der Waals surface area contributed by atoms with E-state index < -0.39 is 0 Å². The van der Waals surface area contributed by atoms with Crippen LogP contribution in [-0.2, 0) is 6.54 Å². The summed E-state index contributed by atoms with van der Waals surface area (Å²) in [6, 6.07) is 0. The van der Waals surface area contributed by atoms with Gasteiger partial charge in [-0.3, -0.25) is 4.57 Å². The van der Waals surface area contributed by atoms with Crippen molar-refractivity contribution in [2.24, 2.45) is 0 Å². The highest BCUT2D eigenvalue weighted by Gasteiger charge is 2.18. The Morgan fingerprint density at radius 3 is 2.74 bits per heavy atom. The van der Waals surface area contributed by atoms with Gasteiger partial charge in [0.25, 0.3) is 0 Å². The van der Waals surface area contributed by atoms with E-state index in [4.69, 9.17) is 5.73 Å². The van der Waals surface area contributed by atoms with E-state index in [-0.39, 0.29) is 16.9 Å². The van der Waals surface area contributed by atoms with Crippen molar-refractivity contribution in [2.75, 3.05) is 24.7 Å². The third-order valence-corrected chi connectivity index (χ3v) is 4.25. The summed E-state index contributed by atoms with van der Waals surface area (Å²) in [6.45, 7) is 4.67. The number of unbranched alkanes of at least 4 members (excludes halogenated alkanes) is 1. The van der Waals surface area contributed by atoms with Crippen LogP contribution >= 0.6 is 11.8 Å². The van der Waals surface area contributed by atoms with Gasteiger partial charge in [-0.15, -0.1) is 5.10 Å². The molecule has 2 aromatic rings. The van der Waals surface area contributed by atoms with Crippen molar-refractivity contribution >= 4 is 23.7 Å². The minimum Gasteiger partial charge on any atom is -0.368 e. The molecule has 10 heteroatoms. The summed E-state index contributed by atoms with van der Waals surface area (Å²) in [5, 5.41) is 7.09. The zero-order valence-electron chi connectivity index (χ0n) is 13.8. The standard InChI is InChI=1S/C13H22N8OS/c1-5-6-7-21-12(22)18-19-13(21)23-8(2)9-15-10(14)17-11(16-9)20(3)4/h8H,5-7H2,1-4H3,(H,18,22)(H2,14,15,16,17)/t8-/m1/s1. The smallest absolute Gasteiger partial charge is 0.343 e. The molecule has 0 bridgehead atoms. The maximum Gasteiger partial charge on any atom is 0.343 e. The van der Waals surface area contributed by atoms with Gasteiger partial charge in [0.2, 0.25) is 11.9 Å². The minimum absolute atomic E-state index is 0.116. The number of H-pyrrole nitrogens is 1. The summed E-state index contributed by atoms with van der Waals surface area (Å²) in [6.07, 6.45) is 1.93. The van der Waals surface area contributed by atoms with Gasteiger partial charge in [0.1, 0.15) is 5.82 Å². The predicted molar refractivity (Wildman–Crippen MR) is 90.6 cm³/mol. The lowest BCUT2D eigenvalue weighted by Gasteiger charge is -2.14. The van der Waals surface area contributed by atoms with Gasteiger partial charge in [-0.25, -0.2) is 9.89 Å². The Hall–Kier alpha value is -2.10.